The van der Waals surface area contributed by atoms with Crippen molar-refractivity contribution in [1.82, 2.24) is 4.31 Å². The molecule has 1 aromatic rings. The van der Waals surface area contributed by atoms with Crippen LogP contribution in [0.15, 0.2) is 17.0 Å². The Morgan fingerprint density at radius 2 is 1.86 bits per heavy atom. The Morgan fingerprint density at radius 3 is 2.52 bits per heavy atom. The summed E-state index contributed by atoms with van der Waals surface area (Å²) in [5.74, 6) is 1.64. The van der Waals surface area contributed by atoms with Crippen molar-refractivity contribution in [2.75, 3.05) is 24.6 Å². The Bertz CT molecular complexity index is 650. The van der Waals surface area contributed by atoms with E-state index in [1.165, 1.54) is 16.4 Å². The molecular formula is C13H18N2O4S2. The van der Waals surface area contributed by atoms with Gasteiger partial charge in [0, 0.05) is 24.9 Å². The van der Waals surface area contributed by atoms with Crippen LogP contribution >= 0.6 is 11.8 Å². The molecule has 1 fully saturated rings. The summed E-state index contributed by atoms with van der Waals surface area (Å²) in [7, 11) is -3.82. The predicted octanol–water partition coefficient (Wildman–Crippen LogP) is 2.34. The predicted molar refractivity (Wildman–Crippen MR) is 83.3 cm³/mol. The van der Waals surface area contributed by atoms with E-state index in [1.54, 1.807) is 25.6 Å². The maximum atomic E-state index is 12.7. The van der Waals surface area contributed by atoms with Crippen LogP contribution in [0.5, 0.6) is 0 Å². The highest BCUT2D eigenvalue weighted by molar-refractivity contribution is 7.99. The molecule has 0 bridgehead atoms. The third kappa shape index (κ3) is 3.38. The van der Waals surface area contributed by atoms with Gasteiger partial charge in [0.25, 0.3) is 5.69 Å². The Hall–Kier alpha value is -1.12. The number of benzene rings is 1. The maximum absolute atomic E-state index is 12.7. The molecule has 1 aromatic carbocycles. The number of nitrogens with zero attached hydrogens (tertiary/aromatic N) is 2. The van der Waals surface area contributed by atoms with Gasteiger partial charge in [0.05, 0.1) is 4.92 Å². The summed E-state index contributed by atoms with van der Waals surface area (Å²) in [5, 5.41) is 11.2. The molecule has 1 aliphatic heterocycles. The molecule has 0 amide bonds. The molecule has 21 heavy (non-hydrogen) atoms. The van der Waals surface area contributed by atoms with Gasteiger partial charge in [0.15, 0.2) is 4.90 Å². The molecule has 2 rings (SSSR count). The average Bonchev–Trinajstić information content (AvgIpc) is 2.70. The normalized spacial score (nSPS) is 17.4. The van der Waals surface area contributed by atoms with Gasteiger partial charge in [-0.3, -0.25) is 10.1 Å². The molecule has 6 nitrogen and oxygen atoms in total. The zero-order valence-corrected chi connectivity index (χ0v) is 13.7. The highest BCUT2D eigenvalue weighted by atomic mass is 32.2. The Labute approximate surface area is 128 Å². The highest BCUT2D eigenvalue weighted by Crippen LogP contribution is 2.30. The number of aryl methyl sites for hydroxylation is 2. The third-order valence-corrected chi connectivity index (χ3v) is 6.55. The van der Waals surface area contributed by atoms with Crippen LogP contribution in [0.2, 0.25) is 0 Å². The van der Waals surface area contributed by atoms with Gasteiger partial charge in [-0.25, -0.2) is 8.42 Å². The summed E-state index contributed by atoms with van der Waals surface area (Å²) < 4.78 is 26.8. The van der Waals surface area contributed by atoms with Crippen LogP contribution in [0.4, 0.5) is 5.69 Å². The Balaban J connectivity index is 2.52. The number of rotatable bonds is 3. The quantitative estimate of drug-likeness (QED) is 0.628. The lowest BCUT2D eigenvalue weighted by molar-refractivity contribution is -0.387. The molecule has 0 unspecified atom stereocenters. The molecule has 116 valence electrons. The fourth-order valence-corrected chi connectivity index (χ4v) is 4.93. The minimum Gasteiger partial charge on any atom is -0.258 e. The van der Waals surface area contributed by atoms with E-state index in [-0.39, 0.29) is 10.6 Å². The third-order valence-electron chi connectivity index (χ3n) is 3.57. The first-order valence-electron chi connectivity index (χ1n) is 6.67. The first-order valence-corrected chi connectivity index (χ1v) is 9.27. The van der Waals surface area contributed by atoms with E-state index in [4.69, 9.17) is 0 Å². The van der Waals surface area contributed by atoms with E-state index in [1.807, 2.05) is 0 Å². The first kappa shape index (κ1) is 16.3. The standard InChI is InChI=1S/C13H18N2O4S2/c1-10-8-12(15(16)17)13(9-11(10)2)21(18,19)14-4-3-6-20-7-5-14/h8-9H,3-7H2,1-2H3. The Kier molecular flexibility index (Phi) is 4.90. The molecule has 1 saturated heterocycles. The largest absolute Gasteiger partial charge is 0.289 e. The van der Waals surface area contributed by atoms with Crippen molar-refractivity contribution < 1.29 is 13.3 Å². The summed E-state index contributed by atoms with van der Waals surface area (Å²) in [6, 6.07) is 2.76. The van der Waals surface area contributed by atoms with E-state index in [9.17, 15) is 18.5 Å². The number of hydrogen-bond donors (Lipinski definition) is 0. The van der Waals surface area contributed by atoms with Crippen LogP contribution in [-0.4, -0.2) is 42.2 Å². The summed E-state index contributed by atoms with van der Waals surface area (Å²) in [6.45, 7) is 4.31. The molecule has 0 atom stereocenters. The summed E-state index contributed by atoms with van der Waals surface area (Å²) in [5.41, 5.74) is 1.12. The van der Waals surface area contributed by atoms with Gasteiger partial charge in [0.2, 0.25) is 10.0 Å². The number of hydrogen-bond acceptors (Lipinski definition) is 5. The first-order chi connectivity index (χ1) is 9.84. The van der Waals surface area contributed by atoms with E-state index in [0.29, 0.717) is 18.7 Å². The molecular weight excluding hydrogens is 312 g/mol. The van der Waals surface area contributed by atoms with Gasteiger partial charge in [-0.15, -0.1) is 0 Å². The summed E-state index contributed by atoms with van der Waals surface area (Å²) in [6.07, 6.45) is 0.766. The van der Waals surface area contributed by atoms with Gasteiger partial charge in [-0.2, -0.15) is 16.1 Å². The number of nitro benzene ring substituents is 1. The molecule has 0 saturated carbocycles. The SMILES string of the molecule is Cc1cc([N+](=O)[O-])c(S(=O)(=O)N2CCCSCC2)cc1C. The van der Waals surface area contributed by atoms with E-state index in [0.717, 1.165) is 23.5 Å². The lowest BCUT2D eigenvalue weighted by Gasteiger charge is -2.20. The smallest absolute Gasteiger partial charge is 0.258 e. The van der Waals surface area contributed by atoms with Crippen molar-refractivity contribution in [3.8, 4) is 0 Å². The lowest BCUT2D eigenvalue weighted by atomic mass is 10.1. The fraction of sp³-hybridized carbons (Fsp3) is 0.538. The van der Waals surface area contributed by atoms with E-state index in [2.05, 4.69) is 0 Å². The van der Waals surface area contributed by atoms with Crippen LogP contribution in [0.1, 0.15) is 17.5 Å². The Morgan fingerprint density at radius 1 is 1.19 bits per heavy atom. The maximum Gasteiger partial charge on any atom is 0.289 e. The zero-order valence-electron chi connectivity index (χ0n) is 12.0. The van der Waals surface area contributed by atoms with E-state index < -0.39 is 14.9 Å². The number of thioether (sulfide) groups is 1. The fourth-order valence-electron chi connectivity index (χ4n) is 2.23. The second-order valence-corrected chi connectivity index (χ2v) is 8.16. The van der Waals surface area contributed by atoms with Gasteiger partial charge in [0.1, 0.15) is 0 Å². The van der Waals surface area contributed by atoms with Crippen LogP contribution in [0.3, 0.4) is 0 Å². The van der Waals surface area contributed by atoms with Crippen LogP contribution in [0.25, 0.3) is 0 Å². The molecule has 0 spiro atoms. The monoisotopic (exact) mass is 330 g/mol. The molecule has 0 aliphatic carbocycles. The van der Waals surface area contributed by atoms with Gasteiger partial charge >= 0.3 is 0 Å². The molecule has 0 aromatic heterocycles. The topological polar surface area (TPSA) is 80.5 Å². The van der Waals surface area contributed by atoms with Crippen LogP contribution in [-0.2, 0) is 10.0 Å². The molecule has 1 heterocycles. The molecule has 1 aliphatic rings. The van der Waals surface area contributed by atoms with Gasteiger partial charge < -0.3 is 0 Å². The van der Waals surface area contributed by atoms with Crippen molar-refractivity contribution in [3.63, 3.8) is 0 Å². The second-order valence-electron chi connectivity index (χ2n) is 5.03. The molecule has 8 heteroatoms. The van der Waals surface area contributed by atoms with Crippen LogP contribution in [0, 0.1) is 24.0 Å². The minimum absolute atomic E-state index is 0.192. The van der Waals surface area contributed by atoms with Crippen molar-refractivity contribution >= 4 is 27.5 Å². The average molecular weight is 330 g/mol. The highest BCUT2D eigenvalue weighted by Gasteiger charge is 2.32. The lowest BCUT2D eigenvalue weighted by Crippen LogP contribution is -2.33. The summed E-state index contributed by atoms with van der Waals surface area (Å²) in [4.78, 5) is 10.4. The number of sulfonamides is 1. The second kappa shape index (κ2) is 6.33. The summed E-state index contributed by atoms with van der Waals surface area (Å²) >= 11 is 1.71. The van der Waals surface area contributed by atoms with Crippen molar-refractivity contribution in [2.45, 2.75) is 25.2 Å². The van der Waals surface area contributed by atoms with Crippen molar-refractivity contribution in [3.05, 3.63) is 33.4 Å². The van der Waals surface area contributed by atoms with Crippen LogP contribution < -0.4 is 0 Å². The minimum atomic E-state index is -3.82. The number of nitro groups is 1. The van der Waals surface area contributed by atoms with Crippen molar-refractivity contribution in [1.29, 1.82) is 0 Å². The molecule has 0 radical (unpaired) electrons. The van der Waals surface area contributed by atoms with Gasteiger partial charge in [-0.1, -0.05) is 0 Å². The van der Waals surface area contributed by atoms with Gasteiger partial charge in [-0.05, 0) is 43.2 Å². The van der Waals surface area contributed by atoms with Crippen molar-refractivity contribution in [2.24, 2.45) is 0 Å². The van der Waals surface area contributed by atoms with E-state index >= 15 is 0 Å². The molecule has 0 N–H and O–H groups in total. The zero-order chi connectivity index (χ0) is 15.6.